The van der Waals surface area contributed by atoms with Gasteiger partial charge in [-0.1, -0.05) is 6.42 Å². The van der Waals surface area contributed by atoms with Gasteiger partial charge < -0.3 is 9.64 Å². The molecule has 0 spiro atoms. The predicted octanol–water partition coefficient (Wildman–Crippen LogP) is 2.78. The Hall–Kier alpha value is -1.49. The van der Waals surface area contributed by atoms with E-state index in [2.05, 4.69) is 15.1 Å². The second-order valence-electron chi connectivity index (χ2n) is 7.70. The zero-order chi connectivity index (χ0) is 16.5. The second-order valence-corrected chi connectivity index (χ2v) is 7.70. The zero-order valence-electron chi connectivity index (χ0n) is 14.4. The molecule has 5 atom stereocenters. The molecule has 4 rings (SSSR count). The van der Waals surface area contributed by atoms with Crippen molar-refractivity contribution in [1.29, 1.82) is 0 Å². The number of carbonyl (C=O) groups is 1. The number of hydrogen-bond acceptors (Lipinski definition) is 4. The highest BCUT2D eigenvalue weighted by Crippen LogP contribution is 2.59. The van der Waals surface area contributed by atoms with Crippen LogP contribution in [-0.4, -0.2) is 47.3 Å². The van der Waals surface area contributed by atoms with Gasteiger partial charge in [0.05, 0.1) is 18.0 Å². The molecule has 5 heteroatoms. The van der Waals surface area contributed by atoms with Gasteiger partial charge in [0.2, 0.25) is 0 Å². The summed E-state index contributed by atoms with van der Waals surface area (Å²) < 4.78 is 5.21. The molecule has 1 amide bonds. The maximum Gasteiger partial charge on any atom is 0.255 e. The third kappa shape index (κ3) is 2.73. The molecule has 0 radical (unpaired) electrons. The van der Waals surface area contributed by atoms with Crippen molar-refractivity contribution in [1.82, 2.24) is 15.1 Å². The van der Waals surface area contributed by atoms with Crippen LogP contribution in [0.2, 0.25) is 0 Å². The lowest BCUT2D eigenvalue weighted by Crippen LogP contribution is -2.47. The van der Waals surface area contributed by atoms with Crippen molar-refractivity contribution >= 4 is 5.91 Å². The number of fused-ring (bicyclic) bond motifs is 5. The number of rotatable bonds is 6. The first-order chi connectivity index (χ1) is 11.8. The summed E-state index contributed by atoms with van der Waals surface area (Å²) in [6, 6.07) is 2.19. The van der Waals surface area contributed by atoms with Gasteiger partial charge in [-0.15, -0.1) is 0 Å². The highest BCUT2D eigenvalue weighted by molar-refractivity contribution is 5.94. The molecule has 3 aliphatic carbocycles. The molecule has 0 aromatic carbocycles. The second kappa shape index (κ2) is 6.79. The molecule has 3 saturated carbocycles. The van der Waals surface area contributed by atoms with Crippen LogP contribution in [0.15, 0.2) is 18.5 Å². The van der Waals surface area contributed by atoms with Crippen molar-refractivity contribution in [2.75, 3.05) is 20.3 Å². The quantitative estimate of drug-likeness (QED) is 0.753. The van der Waals surface area contributed by atoms with Crippen LogP contribution in [0.3, 0.4) is 0 Å². The molecule has 0 saturated heterocycles. The van der Waals surface area contributed by atoms with Gasteiger partial charge in [0.1, 0.15) is 0 Å². The number of nitrogens with zero attached hydrogens (tertiary/aromatic N) is 3. The van der Waals surface area contributed by atoms with Crippen LogP contribution in [0.4, 0.5) is 0 Å². The van der Waals surface area contributed by atoms with Gasteiger partial charge in [0.25, 0.3) is 5.91 Å². The van der Waals surface area contributed by atoms with Crippen LogP contribution in [0.5, 0.6) is 0 Å². The van der Waals surface area contributed by atoms with Gasteiger partial charge in [-0.2, -0.15) is 10.2 Å². The van der Waals surface area contributed by atoms with Crippen LogP contribution < -0.4 is 0 Å². The Morgan fingerprint density at radius 2 is 2.12 bits per heavy atom. The van der Waals surface area contributed by atoms with Crippen LogP contribution in [0.1, 0.15) is 48.9 Å². The van der Waals surface area contributed by atoms with E-state index in [1.807, 2.05) is 0 Å². The van der Waals surface area contributed by atoms with E-state index < -0.39 is 0 Å². The molecule has 0 aliphatic heterocycles. The molecule has 1 aromatic rings. The number of aromatic nitrogens is 2. The van der Waals surface area contributed by atoms with Gasteiger partial charge >= 0.3 is 0 Å². The van der Waals surface area contributed by atoms with Crippen LogP contribution in [0.25, 0.3) is 0 Å². The lowest BCUT2D eigenvalue weighted by atomic mass is 9.78. The molecule has 5 nitrogen and oxygen atoms in total. The minimum Gasteiger partial charge on any atom is -0.385 e. The minimum absolute atomic E-state index is 0.119. The Morgan fingerprint density at radius 3 is 2.92 bits per heavy atom. The Balaban J connectivity index is 1.53. The molecular weight excluding hydrogens is 302 g/mol. The van der Waals surface area contributed by atoms with Gasteiger partial charge in [0, 0.05) is 26.3 Å². The first-order valence-electron chi connectivity index (χ1n) is 9.36. The Labute approximate surface area is 143 Å². The van der Waals surface area contributed by atoms with Gasteiger partial charge in [-0.05, 0) is 61.8 Å². The largest absolute Gasteiger partial charge is 0.385 e. The van der Waals surface area contributed by atoms with Crippen molar-refractivity contribution < 1.29 is 9.53 Å². The minimum atomic E-state index is 0.119. The first-order valence-corrected chi connectivity index (χ1v) is 9.36. The van der Waals surface area contributed by atoms with E-state index in [-0.39, 0.29) is 5.91 Å². The number of ether oxygens (including phenoxy) is 1. The van der Waals surface area contributed by atoms with Crippen molar-refractivity contribution in [2.45, 2.75) is 44.6 Å². The fourth-order valence-corrected chi connectivity index (χ4v) is 5.77. The zero-order valence-corrected chi connectivity index (χ0v) is 14.4. The third-order valence-electron chi connectivity index (χ3n) is 6.63. The van der Waals surface area contributed by atoms with Gasteiger partial charge in [-0.25, -0.2) is 0 Å². The summed E-state index contributed by atoms with van der Waals surface area (Å²) in [6.07, 6.45) is 10.8. The Kier molecular flexibility index (Phi) is 4.53. The maximum absolute atomic E-state index is 13.1. The number of hydrogen-bond donors (Lipinski definition) is 0. The van der Waals surface area contributed by atoms with Crippen molar-refractivity contribution in [2.24, 2.45) is 23.7 Å². The molecule has 130 valence electrons. The summed E-state index contributed by atoms with van der Waals surface area (Å²) >= 11 is 0. The Morgan fingerprint density at radius 1 is 1.25 bits per heavy atom. The van der Waals surface area contributed by atoms with E-state index in [0.717, 1.165) is 30.7 Å². The van der Waals surface area contributed by atoms with Crippen LogP contribution in [-0.2, 0) is 4.74 Å². The van der Waals surface area contributed by atoms with Crippen molar-refractivity contribution in [3.63, 3.8) is 0 Å². The summed E-state index contributed by atoms with van der Waals surface area (Å²) in [7, 11) is 1.72. The predicted molar refractivity (Wildman–Crippen MR) is 90.4 cm³/mol. The van der Waals surface area contributed by atoms with E-state index in [1.165, 1.54) is 32.1 Å². The SMILES string of the molecule is COCCCN(C(=O)c1ccnnc1)[C@@H]1C[C@H]2C[C@H]1[C@H]1CCC[C@H]21. The molecular formula is C19H27N3O2. The van der Waals surface area contributed by atoms with E-state index in [9.17, 15) is 4.79 Å². The molecule has 0 N–H and O–H groups in total. The first kappa shape index (κ1) is 16.0. The topological polar surface area (TPSA) is 55.3 Å². The number of carbonyl (C=O) groups excluding carboxylic acids is 1. The highest BCUT2D eigenvalue weighted by atomic mass is 16.5. The number of amides is 1. The average Bonchev–Trinajstić information content (AvgIpc) is 3.31. The van der Waals surface area contributed by atoms with Crippen molar-refractivity contribution in [3.8, 4) is 0 Å². The molecule has 1 heterocycles. The lowest BCUT2D eigenvalue weighted by Gasteiger charge is -2.39. The van der Waals surface area contributed by atoms with E-state index >= 15 is 0 Å². The summed E-state index contributed by atoms with van der Waals surface area (Å²) in [4.78, 5) is 15.2. The fraction of sp³-hybridized carbons (Fsp3) is 0.737. The van der Waals surface area contributed by atoms with Crippen molar-refractivity contribution in [3.05, 3.63) is 24.0 Å². The molecule has 0 unspecified atom stereocenters. The summed E-state index contributed by atoms with van der Waals surface area (Å²) in [6.45, 7) is 1.48. The van der Waals surface area contributed by atoms with Gasteiger partial charge in [-0.3, -0.25) is 4.79 Å². The van der Waals surface area contributed by atoms with E-state index in [4.69, 9.17) is 4.74 Å². The molecule has 1 aromatic heterocycles. The normalized spacial score (nSPS) is 33.6. The monoisotopic (exact) mass is 329 g/mol. The number of methoxy groups -OCH3 is 1. The smallest absolute Gasteiger partial charge is 0.255 e. The summed E-state index contributed by atoms with van der Waals surface area (Å²) in [5.74, 6) is 3.49. The average molecular weight is 329 g/mol. The maximum atomic E-state index is 13.1. The van der Waals surface area contributed by atoms with E-state index in [0.29, 0.717) is 24.1 Å². The van der Waals surface area contributed by atoms with Crippen LogP contribution in [0, 0.1) is 23.7 Å². The molecule has 24 heavy (non-hydrogen) atoms. The van der Waals surface area contributed by atoms with Gasteiger partial charge in [0.15, 0.2) is 0 Å². The fourth-order valence-electron chi connectivity index (χ4n) is 5.77. The standard InChI is InChI=1S/C19H27N3O2/c1-24-9-3-8-22(19(23)13-6-7-20-21-12-13)18-11-14-10-17(18)16-5-2-4-15(14)16/h6-7,12,14-18H,2-5,8-11H2,1H3/t14-,15-,16+,17+,18-/m1/s1. The molecule has 3 aliphatic rings. The van der Waals surface area contributed by atoms with E-state index in [1.54, 1.807) is 25.6 Å². The van der Waals surface area contributed by atoms with Crippen LogP contribution >= 0.6 is 0 Å². The molecule has 3 fully saturated rings. The highest BCUT2D eigenvalue weighted by Gasteiger charge is 2.55. The Bertz CT molecular complexity index is 579. The third-order valence-corrected chi connectivity index (χ3v) is 6.63. The lowest BCUT2D eigenvalue weighted by molar-refractivity contribution is 0.0493. The molecule has 2 bridgehead atoms. The summed E-state index contributed by atoms with van der Waals surface area (Å²) in [5.41, 5.74) is 0.660. The summed E-state index contributed by atoms with van der Waals surface area (Å²) in [5, 5.41) is 7.69.